The SMILES string of the molecule is Cc1cc(-c2ccc(C3COC(c4ccccc4)=N3)cc2)cnc1C. The molecule has 1 atom stereocenters. The van der Waals surface area contributed by atoms with Gasteiger partial charge in [-0.3, -0.25) is 4.98 Å². The minimum atomic E-state index is 0.0575. The fraction of sp³-hybridized carbons (Fsp3) is 0.182. The number of benzene rings is 2. The standard InChI is InChI=1S/C22H20N2O/c1-15-12-20(13-23-16(15)2)17-8-10-18(11-9-17)21-14-25-22(24-21)19-6-4-3-5-7-19/h3-13,21H,14H2,1-2H3. The minimum absolute atomic E-state index is 0.0575. The normalized spacial score (nSPS) is 16.4. The molecule has 3 nitrogen and oxygen atoms in total. The quantitative estimate of drug-likeness (QED) is 0.686. The second-order valence-electron chi connectivity index (χ2n) is 6.38. The Morgan fingerprint density at radius 3 is 2.36 bits per heavy atom. The Labute approximate surface area is 148 Å². The third-order valence-electron chi connectivity index (χ3n) is 4.64. The molecule has 0 radical (unpaired) electrons. The van der Waals surface area contributed by atoms with Crippen LogP contribution in [0.25, 0.3) is 11.1 Å². The average molecular weight is 328 g/mol. The van der Waals surface area contributed by atoms with Gasteiger partial charge in [0.15, 0.2) is 0 Å². The molecule has 1 aliphatic heterocycles. The van der Waals surface area contributed by atoms with E-state index in [1.54, 1.807) is 0 Å². The molecule has 0 bridgehead atoms. The molecule has 3 heteroatoms. The zero-order valence-electron chi connectivity index (χ0n) is 14.4. The second-order valence-corrected chi connectivity index (χ2v) is 6.38. The van der Waals surface area contributed by atoms with Crippen LogP contribution < -0.4 is 0 Å². The van der Waals surface area contributed by atoms with Gasteiger partial charge < -0.3 is 4.74 Å². The van der Waals surface area contributed by atoms with Crippen LogP contribution in [0.4, 0.5) is 0 Å². The maximum atomic E-state index is 5.79. The van der Waals surface area contributed by atoms with Crippen molar-refractivity contribution in [1.82, 2.24) is 4.98 Å². The molecular weight excluding hydrogens is 308 g/mol. The van der Waals surface area contributed by atoms with Gasteiger partial charge in [0.05, 0.1) is 0 Å². The predicted molar refractivity (Wildman–Crippen MR) is 101 cm³/mol. The number of hydrogen-bond acceptors (Lipinski definition) is 3. The van der Waals surface area contributed by atoms with E-state index in [0.717, 1.165) is 22.7 Å². The Kier molecular flexibility index (Phi) is 4.06. The fourth-order valence-electron chi connectivity index (χ4n) is 2.98. The van der Waals surface area contributed by atoms with Crippen LogP contribution in [0.2, 0.25) is 0 Å². The first kappa shape index (κ1) is 15.6. The van der Waals surface area contributed by atoms with Gasteiger partial charge in [-0.25, -0.2) is 4.99 Å². The van der Waals surface area contributed by atoms with Gasteiger partial charge in [0.2, 0.25) is 5.90 Å². The van der Waals surface area contributed by atoms with E-state index < -0.39 is 0 Å². The number of rotatable bonds is 3. The summed E-state index contributed by atoms with van der Waals surface area (Å²) in [6, 6.07) is 20.8. The molecule has 2 aromatic carbocycles. The summed E-state index contributed by atoms with van der Waals surface area (Å²) in [7, 11) is 0. The highest BCUT2D eigenvalue weighted by atomic mass is 16.5. The zero-order valence-corrected chi connectivity index (χ0v) is 14.4. The number of aliphatic imine (C=N–C) groups is 1. The Morgan fingerprint density at radius 1 is 0.880 bits per heavy atom. The molecule has 3 aromatic rings. The van der Waals surface area contributed by atoms with Crippen molar-refractivity contribution in [3.63, 3.8) is 0 Å². The van der Waals surface area contributed by atoms with E-state index in [9.17, 15) is 0 Å². The summed E-state index contributed by atoms with van der Waals surface area (Å²) >= 11 is 0. The lowest BCUT2D eigenvalue weighted by molar-refractivity contribution is 0.320. The van der Waals surface area contributed by atoms with Crippen molar-refractivity contribution >= 4 is 5.90 Å². The molecule has 2 heterocycles. The lowest BCUT2D eigenvalue weighted by Crippen LogP contribution is -2.00. The van der Waals surface area contributed by atoms with Crippen LogP contribution in [0.15, 0.2) is 71.9 Å². The van der Waals surface area contributed by atoms with Gasteiger partial charge in [0, 0.05) is 23.0 Å². The molecule has 1 unspecified atom stereocenters. The molecule has 0 spiro atoms. The van der Waals surface area contributed by atoms with Crippen LogP contribution in [0.3, 0.4) is 0 Å². The lowest BCUT2D eigenvalue weighted by atomic mass is 10.0. The number of nitrogens with zero attached hydrogens (tertiary/aromatic N) is 2. The Bertz CT molecular complexity index is 915. The van der Waals surface area contributed by atoms with Crippen molar-refractivity contribution in [3.8, 4) is 11.1 Å². The topological polar surface area (TPSA) is 34.5 Å². The summed E-state index contributed by atoms with van der Waals surface area (Å²) in [6.07, 6.45) is 1.93. The lowest BCUT2D eigenvalue weighted by Gasteiger charge is -2.08. The number of ether oxygens (including phenoxy) is 1. The van der Waals surface area contributed by atoms with Crippen molar-refractivity contribution in [1.29, 1.82) is 0 Å². The Hall–Kier alpha value is -2.94. The summed E-state index contributed by atoms with van der Waals surface area (Å²) in [5, 5.41) is 0. The first-order chi connectivity index (χ1) is 12.2. The minimum Gasteiger partial charge on any atom is -0.475 e. The van der Waals surface area contributed by atoms with Gasteiger partial charge in [-0.05, 0) is 48.7 Å². The second kappa shape index (κ2) is 6.52. The zero-order chi connectivity index (χ0) is 17.2. The van der Waals surface area contributed by atoms with Crippen LogP contribution in [-0.4, -0.2) is 17.5 Å². The van der Waals surface area contributed by atoms with Gasteiger partial charge in [-0.2, -0.15) is 0 Å². The highest BCUT2D eigenvalue weighted by Crippen LogP contribution is 2.28. The largest absolute Gasteiger partial charge is 0.475 e. The molecule has 1 aliphatic rings. The Morgan fingerprint density at radius 2 is 1.64 bits per heavy atom. The highest BCUT2D eigenvalue weighted by Gasteiger charge is 2.21. The van der Waals surface area contributed by atoms with E-state index in [4.69, 9.17) is 9.73 Å². The van der Waals surface area contributed by atoms with Crippen molar-refractivity contribution in [2.45, 2.75) is 19.9 Å². The van der Waals surface area contributed by atoms with Crippen molar-refractivity contribution in [3.05, 3.63) is 89.2 Å². The molecule has 0 fully saturated rings. The van der Waals surface area contributed by atoms with E-state index in [1.165, 1.54) is 16.7 Å². The van der Waals surface area contributed by atoms with E-state index in [2.05, 4.69) is 42.2 Å². The number of aromatic nitrogens is 1. The van der Waals surface area contributed by atoms with Crippen LogP contribution in [0.1, 0.15) is 28.4 Å². The van der Waals surface area contributed by atoms with Crippen molar-refractivity contribution in [2.75, 3.05) is 6.61 Å². The van der Waals surface area contributed by atoms with Gasteiger partial charge in [0.1, 0.15) is 12.6 Å². The molecule has 0 saturated heterocycles. The average Bonchev–Trinajstić information content (AvgIpc) is 3.15. The molecule has 1 aromatic heterocycles. The third kappa shape index (κ3) is 3.18. The number of aryl methyl sites for hydroxylation is 2. The Balaban J connectivity index is 1.56. The molecule has 0 N–H and O–H groups in total. The summed E-state index contributed by atoms with van der Waals surface area (Å²) in [4.78, 5) is 9.20. The smallest absolute Gasteiger partial charge is 0.216 e. The van der Waals surface area contributed by atoms with Crippen LogP contribution in [0, 0.1) is 13.8 Å². The third-order valence-corrected chi connectivity index (χ3v) is 4.64. The van der Waals surface area contributed by atoms with Gasteiger partial charge in [0.25, 0.3) is 0 Å². The molecule has 0 saturated carbocycles. The molecule has 25 heavy (non-hydrogen) atoms. The van der Waals surface area contributed by atoms with E-state index in [1.807, 2.05) is 43.5 Å². The van der Waals surface area contributed by atoms with Crippen molar-refractivity contribution < 1.29 is 4.74 Å². The first-order valence-corrected chi connectivity index (χ1v) is 8.50. The van der Waals surface area contributed by atoms with E-state index >= 15 is 0 Å². The maximum Gasteiger partial charge on any atom is 0.216 e. The molecule has 0 amide bonds. The fourth-order valence-corrected chi connectivity index (χ4v) is 2.98. The van der Waals surface area contributed by atoms with Gasteiger partial charge in [-0.1, -0.05) is 42.5 Å². The van der Waals surface area contributed by atoms with Crippen LogP contribution in [-0.2, 0) is 4.74 Å². The molecule has 124 valence electrons. The predicted octanol–water partition coefficient (Wildman–Crippen LogP) is 4.88. The summed E-state index contributed by atoms with van der Waals surface area (Å²) in [6.45, 7) is 4.72. The van der Waals surface area contributed by atoms with E-state index in [0.29, 0.717) is 6.61 Å². The van der Waals surface area contributed by atoms with Gasteiger partial charge >= 0.3 is 0 Å². The van der Waals surface area contributed by atoms with Crippen LogP contribution in [0.5, 0.6) is 0 Å². The van der Waals surface area contributed by atoms with Crippen molar-refractivity contribution in [2.24, 2.45) is 4.99 Å². The van der Waals surface area contributed by atoms with Crippen LogP contribution >= 0.6 is 0 Å². The summed E-state index contributed by atoms with van der Waals surface area (Å²) < 4.78 is 5.79. The van der Waals surface area contributed by atoms with E-state index in [-0.39, 0.29) is 6.04 Å². The maximum absolute atomic E-state index is 5.79. The molecular formula is C22H20N2O. The number of hydrogen-bond donors (Lipinski definition) is 0. The summed E-state index contributed by atoms with van der Waals surface area (Å²) in [5.41, 5.74) is 6.81. The molecule has 0 aliphatic carbocycles. The van der Waals surface area contributed by atoms with Gasteiger partial charge in [-0.15, -0.1) is 0 Å². The summed E-state index contributed by atoms with van der Waals surface area (Å²) in [5.74, 6) is 0.730. The first-order valence-electron chi connectivity index (χ1n) is 8.50. The highest BCUT2D eigenvalue weighted by molar-refractivity contribution is 5.95. The molecule has 4 rings (SSSR count). The number of pyridine rings is 1. The monoisotopic (exact) mass is 328 g/mol.